The third-order valence-corrected chi connectivity index (χ3v) is 5.52. The van der Waals surface area contributed by atoms with Gasteiger partial charge in [0, 0.05) is 28.6 Å². The van der Waals surface area contributed by atoms with Crippen molar-refractivity contribution >= 4 is 23.1 Å². The molecule has 0 spiro atoms. The molecule has 4 aromatic rings. The fourth-order valence-corrected chi connectivity index (χ4v) is 3.88. The summed E-state index contributed by atoms with van der Waals surface area (Å²) in [6.45, 7) is 3.92. The number of thiazole rings is 1. The molecule has 158 valence electrons. The summed E-state index contributed by atoms with van der Waals surface area (Å²) in [4.78, 5) is 17.6. The van der Waals surface area contributed by atoms with E-state index < -0.39 is 0 Å². The summed E-state index contributed by atoms with van der Waals surface area (Å²) < 4.78 is 12.2. The van der Waals surface area contributed by atoms with Crippen molar-refractivity contribution in [3.63, 3.8) is 0 Å². The van der Waals surface area contributed by atoms with E-state index >= 15 is 0 Å². The summed E-state index contributed by atoms with van der Waals surface area (Å²) in [5.41, 5.74) is 4.28. The predicted octanol–water partition coefficient (Wildman–Crippen LogP) is 4.88. The molecule has 0 aliphatic carbocycles. The molecule has 0 atom stereocenters. The summed E-state index contributed by atoms with van der Waals surface area (Å²) in [6, 6.07) is 15.0. The van der Waals surface area contributed by atoms with Crippen LogP contribution in [0.25, 0.3) is 16.4 Å². The Labute approximate surface area is 184 Å². The Hall–Kier alpha value is -3.65. The molecule has 2 aromatic heterocycles. The number of methoxy groups -OCH3 is 2. The molecule has 4 rings (SSSR count). The number of rotatable bonds is 6. The molecule has 2 aromatic carbocycles. The molecule has 0 aliphatic heterocycles. The Kier molecular flexibility index (Phi) is 5.73. The van der Waals surface area contributed by atoms with Crippen LogP contribution in [0.4, 0.5) is 5.82 Å². The van der Waals surface area contributed by atoms with Crippen molar-refractivity contribution in [1.29, 1.82) is 0 Å². The molecule has 0 fully saturated rings. The molecule has 31 heavy (non-hydrogen) atoms. The number of hydrogen-bond donors (Lipinski definition) is 1. The molecule has 2 heterocycles. The van der Waals surface area contributed by atoms with Gasteiger partial charge in [0.25, 0.3) is 5.91 Å². The molecule has 1 N–H and O–H groups in total. The predicted molar refractivity (Wildman–Crippen MR) is 122 cm³/mol. The lowest BCUT2D eigenvalue weighted by atomic mass is 10.1. The van der Waals surface area contributed by atoms with Crippen LogP contribution in [0, 0.1) is 13.8 Å². The van der Waals surface area contributed by atoms with Crippen LogP contribution in [0.2, 0.25) is 0 Å². The molecule has 0 unspecified atom stereocenters. The second kappa shape index (κ2) is 8.61. The minimum absolute atomic E-state index is 0.298. The van der Waals surface area contributed by atoms with Crippen molar-refractivity contribution in [3.8, 4) is 27.9 Å². The van der Waals surface area contributed by atoms with Gasteiger partial charge in [-0.1, -0.05) is 29.8 Å². The van der Waals surface area contributed by atoms with E-state index in [0.29, 0.717) is 28.0 Å². The molecule has 7 nitrogen and oxygen atoms in total. The van der Waals surface area contributed by atoms with Gasteiger partial charge < -0.3 is 14.8 Å². The van der Waals surface area contributed by atoms with Crippen LogP contribution in [0.15, 0.2) is 53.9 Å². The second-order valence-electron chi connectivity index (χ2n) is 7.02. The fourth-order valence-electron chi connectivity index (χ4n) is 3.08. The number of carbonyl (C=O) groups excluding carboxylic acids is 1. The van der Waals surface area contributed by atoms with E-state index in [-0.39, 0.29) is 5.91 Å². The number of amides is 1. The van der Waals surface area contributed by atoms with Crippen LogP contribution >= 0.6 is 11.3 Å². The van der Waals surface area contributed by atoms with E-state index in [1.54, 1.807) is 37.1 Å². The standard InChI is InChI=1S/C23H22N4O3S/c1-14-5-7-16(8-6-14)20-13-31-23(24-20)27-21(9-15(2)26-27)25-22(28)17-10-18(29-3)12-19(11-17)30-4/h5-13H,1-4H3,(H,25,28). The average Bonchev–Trinajstić information content (AvgIpc) is 3.40. The smallest absolute Gasteiger partial charge is 0.257 e. The van der Waals surface area contributed by atoms with Gasteiger partial charge in [-0.05, 0) is 26.0 Å². The lowest BCUT2D eigenvalue weighted by molar-refractivity contribution is 0.102. The summed E-state index contributed by atoms with van der Waals surface area (Å²) in [5, 5.41) is 10.1. The summed E-state index contributed by atoms with van der Waals surface area (Å²) >= 11 is 1.46. The van der Waals surface area contributed by atoms with Gasteiger partial charge in [0.1, 0.15) is 17.3 Å². The quantitative estimate of drug-likeness (QED) is 0.468. The highest BCUT2D eigenvalue weighted by Gasteiger charge is 2.16. The number of carbonyl (C=O) groups is 1. The van der Waals surface area contributed by atoms with E-state index in [0.717, 1.165) is 17.0 Å². The molecule has 1 amide bonds. The third-order valence-electron chi connectivity index (χ3n) is 4.71. The largest absolute Gasteiger partial charge is 0.497 e. The molecular formula is C23H22N4O3S. The van der Waals surface area contributed by atoms with Crippen LogP contribution in [0.5, 0.6) is 11.5 Å². The first-order chi connectivity index (χ1) is 15.0. The summed E-state index contributed by atoms with van der Waals surface area (Å²) in [6.07, 6.45) is 0. The topological polar surface area (TPSA) is 78.3 Å². The number of aryl methyl sites for hydroxylation is 2. The van der Waals surface area contributed by atoms with Crippen molar-refractivity contribution in [1.82, 2.24) is 14.8 Å². The van der Waals surface area contributed by atoms with Crippen LogP contribution in [0.1, 0.15) is 21.6 Å². The van der Waals surface area contributed by atoms with Gasteiger partial charge in [0.15, 0.2) is 0 Å². The number of ether oxygens (including phenoxy) is 2. The Balaban J connectivity index is 1.63. The number of hydrogen-bond acceptors (Lipinski definition) is 6. The first-order valence-corrected chi connectivity index (χ1v) is 10.5. The van der Waals surface area contributed by atoms with E-state index in [9.17, 15) is 4.79 Å². The van der Waals surface area contributed by atoms with Gasteiger partial charge in [-0.15, -0.1) is 11.3 Å². The Morgan fingerprint density at radius 2 is 1.68 bits per heavy atom. The number of nitrogens with zero attached hydrogens (tertiary/aromatic N) is 3. The van der Waals surface area contributed by atoms with Gasteiger partial charge in [0.05, 0.1) is 25.6 Å². The molecule has 0 radical (unpaired) electrons. The number of aromatic nitrogens is 3. The maximum atomic E-state index is 12.9. The van der Waals surface area contributed by atoms with Crippen molar-refractivity contribution in [2.75, 3.05) is 19.5 Å². The zero-order chi connectivity index (χ0) is 22.0. The SMILES string of the molecule is COc1cc(OC)cc(C(=O)Nc2cc(C)nn2-c2nc(-c3ccc(C)cc3)cs2)c1. The van der Waals surface area contributed by atoms with Crippen molar-refractivity contribution in [2.45, 2.75) is 13.8 Å². The minimum Gasteiger partial charge on any atom is -0.497 e. The lowest BCUT2D eigenvalue weighted by Gasteiger charge is -2.10. The maximum absolute atomic E-state index is 12.9. The zero-order valence-corrected chi connectivity index (χ0v) is 18.5. The highest BCUT2D eigenvalue weighted by molar-refractivity contribution is 7.12. The van der Waals surface area contributed by atoms with Crippen LogP contribution in [-0.2, 0) is 0 Å². The molecular weight excluding hydrogens is 412 g/mol. The van der Waals surface area contributed by atoms with Gasteiger partial charge in [-0.3, -0.25) is 4.79 Å². The summed E-state index contributed by atoms with van der Waals surface area (Å²) in [5.74, 6) is 1.32. The molecule has 0 aliphatic rings. The third kappa shape index (κ3) is 4.44. The Morgan fingerprint density at radius 1 is 1.00 bits per heavy atom. The highest BCUT2D eigenvalue weighted by atomic mass is 32.1. The maximum Gasteiger partial charge on any atom is 0.257 e. The molecule has 0 saturated carbocycles. The monoisotopic (exact) mass is 434 g/mol. The average molecular weight is 435 g/mol. The fraction of sp³-hybridized carbons (Fsp3) is 0.174. The van der Waals surface area contributed by atoms with Gasteiger partial charge in [0.2, 0.25) is 5.13 Å². The molecule has 0 bridgehead atoms. The van der Waals surface area contributed by atoms with E-state index in [1.807, 2.05) is 30.5 Å². The number of benzene rings is 2. The van der Waals surface area contributed by atoms with Crippen LogP contribution in [0.3, 0.4) is 0 Å². The van der Waals surface area contributed by atoms with Crippen LogP contribution < -0.4 is 14.8 Å². The first-order valence-electron chi connectivity index (χ1n) is 9.61. The highest BCUT2D eigenvalue weighted by Crippen LogP contribution is 2.28. The number of anilines is 1. The first kappa shape index (κ1) is 20.6. The van der Waals surface area contributed by atoms with Gasteiger partial charge in [-0.2, -0.15) is 9.78 Å². The molecule has 0 saturated heterocycles. The Bertz CT molecular complexity index is 1210. The van der Waals surface area contributed by atoms with Crippen molar-refractivity contribution < 1.29 is 14.3 Å². The lowest BCUT2D eigenvalue weighted by Crippen LogP contribution is -2.15. The van der Waals surface area contributed by atoms with Crippen molar-refractivity contribution in [2.24, 2.45) is 0 Å². The van der Waals surface area contributed by atoms with E-state index in [1.165, 1.54) is 16.9 Å². The Morgan fingerprint density at radius 3 is 2.32 bits per heavy atom. The van der Waals surface area contributed by atoms with Crippen LogP contribution in [-0.4, -0.2) is 34.9 Å². The normalized spacial score (nSPS) is 10.7. The van der Waals surface area contributed by atoms with E-state index in [2.05, 4.69) is 29.5 Å². The minimum atomic E-state index is -0.298. The van der Waals surface area contributed by atoms with Crippen molar-refractivity contribution in [3.05, 3.63) is 70.7 Å². The summed E-state index contributed by atoms with van der Waals surface area (Å²) in [7, 11) is 3.09. The van der Waals surface area contributed by atoms with Gasteiger partial charge >= 0.3 is 0 Å². The number of nitrogens with one attached hydrogen (secondary N) is 1. The van der Waals surface area contributed by atoms with Gasteiger partial charge in [-0.25, -0.2) is 4.98 Å². The molecule has 8 heteroatoms. The van der Waals surface area contributed by atoms with E-state index in [4.69, 9.17) is 14.5 Å². The second-order valence-corrected chi connectivity index (χ2v) is 7.86. The zero-order valence-electron chi connectivity index (χ0n) is 17.7.